The molecule has 0 unspecified atom stereocenters. The first-order chi connectivity index (χ1) is 15.8. The lowest BCUT2D eigenvalue weighted by Gasteiger charge is -2.17. The molecule has 0 atom stereocenters. The molecule has 1 saturated carbocycles. The Hall–Kier alpha value is -3.12. The van der Waals surface area contributed by atoms with Gasteiger partial charge in [-0.25, -0.2) is 8.42 Å². The van der Waals surface area contributed by atoms with Gasteiger partial charge in [-0.05, 0) is 86.1 Å². The van der Waals surface area contributed by atoms with E-state index in [4.69, 9.17) is 0 Å². The number of carbonyl (C=O) groups excluding carboxylic acids is 1. The van der Waals surface area contributed by atoms with Gasteiger partial charge in [0.2, 0.25) is 5.91 Å². The molecular weight excluding hydrogens is 432 g/mol. The highest BCUT2D eigenvalue weighted by atomic mass is 32.2. The molecule has 2 N–H and O–H groups in total. The predicted octanol–water partition coefficient (Wildman–Crippen LogP) is 4.88. The van der Waals surface area contributed by atoms with Crippen LogP contribution in [0.2, 0.25) is 0 Å². The smallest absolute Gasteiger partial charge is 0.261 e. The highest BCUT2D eigenvalue weighted by Crippen LogP contribution is 2.48. The summed E-state index contributed by atoms with van der Waals surface area (Å²) in [5, 5.41) is 3.09. The predicted molar refractivity (Wildman–Crippen MR) is 132 cm³/mol. The molecule has 0 radical (unpaired) electrons. The van der Waals surface area contributed by atoms with Crippen LogP contribution >= 0.6 is 0 Å². The SMILES string of the molecule is Cc1ccc(S(=O)(=O)Nc2ccc(C3(C(=O)NCCCc4ccccc4)CC3)cc2)cc1C. The van der Waals surface area contributed by atoms with Crippen LogP contribution in [0.25, 0.3) is 0 Å². The van der Waals surface area contributed by atoms with E-state index in [2.05, 4.69) is 22.2 Å². The molecule has 0 aliphatic heterocycles. The monoisotopic (exact) mass is 462 g/mol. The minimum absolute atomic E-state index is 0.0547. The first-order valence-electron chi connectivity index (χ1n) is 11.3. The Morgan fingerprint density at radius 3 is 2.24 bits per heavy atom. The number of hydrogen-bond acceptors (Lipinski definition) is 3. The van der Waals surface area contributed by atoms with Crippen LogP contribution < -0.4 is 10.0 Å². The standard InChI is InChI=1S/C27H30N2O3S/c1-20-10-15-25(19-21(20)2)33(31,32)29-24-13-11-23(12-14-24)27(16-17-27)26(30)28-18-6-9-22-7-4-3-5-8-22/h3-5,7-8,10-15,19,29H,6,9,16-18H2,1-2H3,(H,28,30). The van der Waals surface area contributed by atoms with Crippen LogP contribution in [0.3, 0.4) is 0 Å². The number of amides is 1. The van der Waals surface area contributed by atoms with Crippen LogP contribution in [-0.2, 0) is 26.7 Å². The van der Waals surface area contributed by atoms with Crippen molar-refractivity contribution in [2.24, 2.45) is 0 Å². The van der Waals surface area contributed by atoms with Crippen LogP contribution in [0.5, 0.6) is 0 Å². The fourth-order valence-corrected chi connectivity index (χ4v) is 5.18. The molecule has 1 aliphatic carbocycles. The summed E-state index contributed by atoms with van der Waals surface area (Å²) in [6.45, 7) is 4.49. The maximum absolute atomic E-state index is 12.9. The van der Waals surface area contributed by atoms with Gasteiger partial charge in [0.05, 0.1) is 10.3 Å². The van der Waals surface area contributed by atoms with Crippen LogP contribution in [0.4, 0.5) is 5.69 Å². The number of aryl methyl sites for hydroxylation is 3. The van der Waals surface area contributed by atoms with E-state index in [1.54, 1.807) is 24.3 Å². The van der Waals surface area contributed by atoms with E-state index in [1.165, 1.54) is 5.56 Å². The largest absolute Gasteiger partial charge is 0.355 e. The molecule has 0 heterocycles. The fourth-order valence-electron chi connectivity index (χ4n) is 4.03. The molecule has 4 rings (SSSR count). The van der Waals surface area contributed by atoms with Crippen molar-refractivity contribution in [3.63, 3.8) is 0 Å². The number of benzene rings is 3. The highest BCUT2D eigenvalue weighted by molar-refractivity contribution is 7.92. The van der Waals surface area contributed by atoms with E-state index in [0.717, 1.165) is 42.4 Å². The van der Waals surface area contributed by atoms with Crippen molar-refractivity contribution in [1.82, 2.24) is 5.32 Å². The van der Waals surface area contributed by atoms with Gasteiger partial charge in [0.25, 0.3) is 10.0 Å². The third-order valence-corrected chi connectivity index (χ3v) is 7.81. The van der Waals surface area contributed by atoms with Crippen LogP contribution in [0, 0.1) is 13.8 Å². The zero-order chi connectivity index (χ0) is 23.5. The van der Waals surface area contributed by atoms with Crippen molar-refractivity contribution >= 4 is 21.6 Å². The van der Waals surface area contributed by atoms with Crippen molar-refractivity contribution in [1.29, 1.82) is 0 Å². The van der Waals surface area contributed by atoms with E-state index in [-0.39, 0.29) is 10.8 Å². The molecule has 0 bridgehead atoms. The lowest BCUT2D eigenvalue weighted by Crippen LogP contribution is -2.35. The number of nitrogens with one attached hydrogen (secondary N) is 2. The molecule has 1 fully saturated rings. The van der Waals surface area contributed by atoms with Crippen molar-refractivity contribution < 1.29 is 13.2 Å². The molecule has 33 heavy (non-hydrogen) atoms. The van der Waals surface area contributed by atoms with Gasteiger partial charge in [-0.3, -0.25) is 9.52 Å². The topological polar surface area (TPSA) is 75.3 Å². The van der Waals surface area contributed by atoms with Crippen molar-refractivity contribution in [3.05, 3.63) is 95.1 Å². The molecule has 0 aromatic heterocycles. The van der Waals surface area contributed by atoms with E-state index in [0.29, 0.717) is 12.2 Å². The summed E-state index contributed by atoms with van der Waals surface area (Å²) >= 11 is 0. The molecule has 3 aromatic carbocycles. The third-order valence-electron chi connectivity index (χ3n) is 6.43. The molecule has 172 valence electrons. The third kappa shape index (κ3) is 5.28. The van der Waals surface area contributed by atoms with E-state index >= 15 is 0 Å². The summed E-state index contributed by atoms with van der Waals surface area (Å²) < 4.78 is 28.1. The number of rotatable bonds is 9. The minimum atomic E-state index is -3.67. The summed E-state index contributed by atoms with van der Waals surface area (Å²) in [6.07, 6.45) is 3.45. The van der Waals surface area contributed by atoms with Crippen LogP contribution in [-0.4, -0.2) is 20.9 Å². The lowest BCUT2D eigenvalue weighted by molar-refractivity contribution is -0.123. The number of anilines is 1. The number of sulfonamides is 1. The Kier molecular flexibility index (Phi) is 6.56. The average Bonchev–Trinajstić information content (AvgIpc) is 3.61. The summed E-state index contributed by atoms with van der Waals surface area (Å²) in [6, 6.07) is 22.5. The zero-order valence-electron chi connectivity index (χ0n) is 19.1. The molecule has 0 spiro atoms. The maximum atomic E-state index is 12.9. The van der Waals surface area contributed by atoms with E-state index in [9.17, 15) is 13.2 Å². The molecule has 3 aromatic rings. The molecule has 0 saturated heterocycles. The average molecular weight is 463 g/mol. The first kappa shape index (κ1) is 23.1. The quantitative estimate of drug-likeness (QED) is 0.445. The van der Waals surface area contributed by atoms with E-state index in [1.807, 2.05) is 50.2 Å². The number of carbonyl (C=O) groups is 1. The van der Waals surface area contributed by atoms with Crippen LogP contribution in [0.1, 0.15) is 41.5 Å². The van der Waals surface area contributed by atoms with Gasteiger partial charge in [0.15, 0.2) is 0 Å². The van der Waals surface area contributed by atoms with Gasteiger partial charge < -0.3 is 5.32 Å². The Balaban J connectivity index is 1.36. The summed E-state index contributed by atoms with van der Waals surface area (Å²) in [5.74, 6) is 0.0547. The van der Waals surface area contributed by atoms with Crippen molar-refractivity contribution in [2.45, 2.75) is 49.8 Å². The van der Waals surface area contributed by atoms with Crippen molar-refractivity contribution in [2.75, 3.05) is 11.3 Å². The summed E-state index contributed by atoms with van der Waals surface area (Å²) in [7, 11) is -3.67. The van der Waals surface area contributed by atoms with Gasteiger partial charge in [-0.1, -0.05) is 48.5 Å². The van der Waals surface area contributed by atoms with Gasteiger partial charge >= 0.3 is 0 Å². The Labute approximate surface area is 196 Å². The lowest BCUT2D eigenvalue weighted by atomic mass is 9.94. The second-order valence-electron chi connectivity index (χ2n) is 8.86. The second-order valence-corrected chi connectivity index (χ2v) is 10.5. The molecule has 6 heteroatoms. The fraction of sp³-hybridized carbons (Fsp3) is 0.296. The Bertz CT molecular complexity index is 1230. The molecule has 5 nitrogen and oxygen atoms in total. The van der Waals surface area contributed by atoms with Gasteiger partial charge in [0.1, 0.15) is 0 Å². The van der Waals surface area contributed by atoms with Gasteiger partial charge in [0, 0.05) is 12.2 Å². The zero-order valence-corrected chi connectivity index (χ0v) is 19.9. The van der Waals surface area contributed by atoms with E-state index < -0.39 is 15.4 Å². The normalized spacial score (nSPS) is 14.5. The Morgan fingerprint density at radius 2 is 1.61 bits per heavy atom. The van der Waals surface area contributed by atoms with Crippen LogP contribution in [0.15, 0.2) is 77.7 Å². The Morgan fingerprint density at radius 1 is 0.909 bits per heavy atom. The number of hydrogen-bond donors (Lipinski definition) is 2. The van der Waals surface area contributed by atoms with Crippen molar-refractivity contribution in [3.8, 4) is 0 Å². The highest BCUT2D eigenvalue weighted by Gasteiger charge is 2.51. The molecule has 1 amide bonds. The van der Waals surface area contributed by atoms with Gasteiger partial charge in [-0.15, -0.1) is 0 Å². The van der Waals surface area contributed by atoms with Gasteiger partial charge in [-0.2, -0.15) is 0 Å². The maximum Gasteiger partial charge on any atom is 0.261 e. The second kappa shape index (κ2) is 9.40. The molecular formula is C27H30N2O3S. The summed E-state index contributed by atoms with van der Waals surface area (Å²) in [4.78, 5) is 13.1. The minimum Gasteiger partial charge on any atom is -0.355 e. The summed E-state index contributed by atoms with van der Waals surface area (Å²) in [5.41, 5.74) is 4.17. The first-order valence-corrected chi connectivity index (χ1v) is 12.8. The molecule has 1 aliphatic rings.